The number of hydrogen-bond donors (Lipinski definition) is 1. The second-order valence-corrected chi connectivity index (χ2v) is 7.10. The van der Waals surface area contributed by atoms with Crippen molar-refractivity contribution in [1.29, 1.82) is 0 Å². The number of nitrogens with one attached hydrogen (secondary N) is 1. The third-order valence-electron chi connectivity index (χ3n) is 4.43. The zero-order valence-electron chi connectivity index (χ0n) is 17.7. The summed E-state index contributed by atoms with van der Waals surface area (Å²) in [6.45, 7) is 4.31. The highest BCUT2D eigenvalue weighted by molar-refractivity contribution is 6.32. The number of carbonyl (C=O) groups excluding carboxylic acids is 2. The molecule has 2 aromatic carbocycles. The Bertz CT molecular complexity index is 927. The Balaban J connectivity index is 2.10. The molecule has 0 aliphatic rings. The molecule has 0 aromatic heterocycles. The molecule has 0 spiro atoms. The first-order chi connectivity index (χ1) is 14.4. The van der Waals surface area contributed by atoms with E-state index >= 15 is 0 Å². The summed E-state index contributed by atoms with van der Waals surface area (Å²) in [5, 5.41) is 3.24. The van der Waals surface area contributed by atoms with Crippen molar-refractivity contribution in [3.8, 4) is 11.5 Å². The van der Waals surface area contributed by atoms with Crippen LogP contribution in [0.25, 0.3) is 6.08 Å². The highest BCUT2D eigenvalue weighted by atomic mass is 35.5. The van der Waals surface area contributed by atoms with Gasteiger partial charge >= 0.3 is 0 Å². The summed E-state index contributed by atoms with van der Waals surface area (Å²) in [7, 11) is 3.02. The van der Waals surface area contributed by atoms with Crippen LogP contribution >= 0.6 is 11.6 Å². The topological polar surface area (TPSA) is 67.9 Å². The summed E-state index contributed by atoms with van der Waals surface area (Å²) in [5.74, 6) is 0.402. The second kappa shape index (κ2) is 11.3. The molecule has 2 aromatic rings. The van der Waals surface area contributed by atoms with Crippen molar-refractivity contribution in [2.75, 3.05) is 32.6 Å². The molecule has 160 valence electrons. The highest BCUT2D eigenvalue weighted by Crippen LogP contribution is 2.36. The molecule has 0 radical (unpaired) electrons. The Morgan fingerprint density at radius 3 is 2.53 bits per heavy atom. The first kappa shape index (κ1) is 23.3. The number of amides is 2. The molecule has 0 aliphatic heterocycles. The van der Waals surface area contributed by atoms with E-state index in [0.29, 0.717) is 28.6 Å². The van der Waals surface area contributed by atoms with Crippen molar-refractivity contribution in [3.63, 3.8) is 0 Å². The second-order valence-electron chi connectivity index (χ2n) is 6.69. The lowest BCUT2D eigenvalue weighted by atomic mass is 10.1. The molecule has 0 unspecified atom stereocenters. The van der Waals surface area contributed by atoms with Gasteiger partial charge in [0.1, 0.15) is 6.54 Å². The van der Waals surface area contributed by atoms with Crippen molar-refractivity contribution in [2.24, 2.45) is 0 Å². The Morgan fingerprint density at radius 2 is 1.90 bits per heavy atom. The molecule has 2 rings (SSSR count). The van der Waals surface area contributed by atoms with Gasteiger partial charge < -0.3 is 19.7 Å². The number of nitrogens with zero attached hydrogens (tertiary/aromatic N) is 1. The number of carbonyl (C=O) groups is 2. The van der Waals surface area contributed by atoms with Gasteiger partial charge in [-0.1, -0.05) is 36.7 Å². The smallest absolute Gasteiger partial charge is 0.247 e. The van der Waals surface area contributed by atoms with Crippen LogP contribution in [-0.4, -0.2) is 44.0 Å². The molecular formula is C23H27ClN2O4. The summed E-state index contributed by atoms with van der Waals surface area (Å²) in [5.41, 5.74) is 2.39. The van der Waals surface area contributed by atoms with E-state index in [2.05, 4.69) is 5.32 Å². The van der Waals surface area contributed by atoms with Crippen LogP contribution in [0.4, 0.5) is 5.69 Å². The lowest BCUT2D eigenvalue weighted by molar-refractivity contribution is -0.130. The third kappa shape index (κ3) is 6.26. The van der Waals surface area contributed by atoms with E-state index in [-0.39, 0.29) is 18.4 Å². The maximum atomic E-state index is 12.7. The third-order valence-corrected chi connectivity index (χ3v) is 4.71. The van der Waals surface area contributed by atoms with Crippen molar-refractivity contribution < 1.29 is 19.1 Å². The fraction of sp³-hybridized carbons (Fsp3) is 0.304. The van der Waals surface area contributed by atoms with Crippen LogP contribution in [0.1, 0.15) is 24.5 Å². The first-order valence-electron chi connectivity index (χ1n) is 9.63. The number of benzene rings is 2. The molecule has 30 heavy (non-hydrogen) atoms. The van der Waals surface area contributed by atoms with E-state index in [1.165, 1.54) is 25.2 Å². The quantitative estimate of drug-likeness (QED) is 0.592. The van der Waals surface area contributed by atoms with Crippen molar-refractivity contribution in [2.45, 2.75) is 20.3 Å². The molecule has 6 nitrogen and oxygen atoms in total. The van der Waals surface area contributed by atoms with Gasteiger partial charge in [-0.3, -0.25) is 9.59 Å². The minimum Gasteiger partial charge on any atom is -0.493 e. The van der Waals surface area contributed by atoms with Gasteiger partial charge in [0.25, 0.3) is 0 Å². The summed E-state index contributed by atoms with van der Waals surface area (Å²) >= 11 is 6.21. The van der Waals surface area contributed by atoms with Crippen molar-refractivity contribution in [1.82, 2.24) is 4.90 Å². The van der Waals surface area contributed by atoms with Crippen LogP contribution in [-0.2, 0) is 9.59 Å². The Morgan fingerprint density at radius 1 is 1.17 bits per heavy atom. The molecule has 0 saturated heterocycles. The number of methoxy groups -OCH3 is 2. The van der Waals surface area contributed by atoms with E-state index in [1.807, 2.05) is 38.1 Å². The van der Waals surface area contributed by atoms with Gasteiger partial charge in [0.15, 0.2) is 11.5 Å². The highest BCUT2D eigenvalue weighted by Gasteiger charge is 2.15. The molecule has 0 aliphatic carbocycles. The predicted molar refractivity (Wildman–Crippen MR) is 120 cm³/mol. The molecule has 0 heterocycles. The molecule has 0 fully saturated rings. The minimum atomic E-state index is -0.261. The molecular weight excluding hydrogens is 404 g/mol. The zero-order chi connectivity index (χ0) is 22.1. The standard InChI is InChI=1S/C23H27ClN2O4/c1-5-12-26(15-21(27)25-19-9-7-6-8-16(19)2)22(28)11-10-17-13-18(24)23(30-4)20(14-17)29-3/h6-11,13-14H,5,12,15H2,1-4H3,(H,25,27)/b11-10+. The van der Waals surface area contributed by atoms with Gasteiger partial charge in [0.05, 0.1) is 19.2 Å². The maximum Gasteiger partial charge on any atom is 0.247 e. The van der Waals surface area contributed by atoms with E-state index in [1.54, 1.807) is 18.2 Å². The van der Waals surface area contributed by atoms with Gasteiger partial charge in [-0.05, 0) is 48.7 Å². The average molecular weight is 431 g/mol. The SMILES string of the molecule is CCCN(CC(=O)Nc1ccccc1C)C(=O)/C=C/c1cc(Cl)c(OC)c(OC)c1. The zero-order valence-corrected chi connectivity index (χ0v) is 18.5. The Kier molecular flexibility index (Phi) is 8.74. The fourth-order valence-corrected chi connectivity index (χ4v) is 3.22. The number of hydrogen-bond acceptors (Lipinski definition) is 4. The van der Waals surface area contributed by atoms with E-state index in [4.69, 9.17) is 21.1 Å². The first-order valence-corrected chi connectivity index (χ1v) is 10.0. The number of anilines is 1. The van der Waals surface area contributed by atoms with Crippen LogP contribution in [0.15, 0.2) is 42.5 Å². The van der Waals surface area contributed by atoms with Crippen LogP contribution in [0, 0.1) is 6.92 Å². The van der Waals surface area contributed by atoms with E-state index < -0.39 is 0 Å². The molecule has 1 N–H and O–H groups in total. The summed E-state index contributed by atoms with van der Waals surface area (Å²) < 4.78 is 10.5. The van der Waals surface area contributed by atoms with Gasteiger partial charge in [0.2, 0.25) is 11.8 Å². The largest absolute Gasteiger partial charge is 0.493 e. The predicted octanol–water partition coefficient (Wildman–Crippen LogP) is 4.56. The molecule has 2 amide bonds. The van der Waals surface area contributed by atoms with Crippen molar-refractivity contribution >= 4 is 35.2 Å². The molecule has 0 atom stereocenters. The van der Waals surface area contributed by atoms with Crippen molar-refractivity contribution in [3.05, 3.63) is 58.6 Å². The number of para-hydroxylation sites is 1. The molecule has 0 bridgehead atoms. The number of rotatable bonds is 9. The summed E-state index contributed by atoms with van der Waals surface area (Å²) in [6.07, 6.45) is 3.80. The fourth-order valence-electron chi connectivity index (χ4n) is 2.92. The average Bonchev–Trinajstić information content (AvgIpc) is 2.72. The van der Waals surface area contributed by atoms with Crippen LogP contribution < -0.4 is 14.8 Å². The minimum absolute atomic E-state index is 0.0297. The van der Waals surface area contributed by atoms with Gasteiger partial charge in [0, 0.05) is 18.3 Å². The van der Waals surface area contributed by atoms with Crippen LogP contribution in [0.5, 0.6) is 11.5 Å². The Hall–Kier alpha value is -2.99. The van der Waals surface area contributed by atoms with Gasteiger partial charge in [-0.25, -0.2) is 0 Å². The van der Waals surface area contributed by atoms with Crippen LogP contribution in [0.2, 0.25) is 5.02 Å². The molecule has 7 heteroatoms. The monoisotopic (exact) mass is 430 g/mol. The summed E-state index contributed by atoms with van der Waals surface area (Å²) in [4.78, 5) is 26.7. The Labute approximate surface area is 182 Å². The van der Waals surface area contributed by atoms with Gasteiger partial charge in [-0.15, -0.1) is 0 Å². The lowest BCUT2D eigenvalue weighted by Gasteiger charge is -2.20. The maximum absolute atomic E-state index is 12.7. The lowest BCUT2D eigenvalue weighted by Crippen LogP contribution is -2.37. The van der Waals surface area contributed by atoms with E-state index in [9.17, 15) is 9.59 Å². The number of aryl methyl sites for hydroxylation is 1. The number of ether oxygens (including phenoxy) is 2. The van der Waals surface area contributed by atoms with E-state index in [0.717, 1.165) is 17.7 Å². The summed E-state index contributed by atoms with van der Waals surface area (Å²) in [6, 6.07) is 10.9. The van der Waals surface area contributed by atoms with Gasteiger partial charge in [-0.2, -0.15) is 0 Å². The van der Waals surface area contributed by atoms with Crippen LogP contribution in [0.3, 0.4) is 0 Å². The number of halogens is 1. The molecule has 0 saturated carbocycles. The normalized spacial score (nSPS) is 10.7.